The number of methoxy groups -OCH3 is 1. The van der Waals surface area contributed by atoms with Gasteiger partial charge in [-0.2, -0.15) is 0 Å². The Kier molecular flexibility index (Phi) is 12.1. The van der Waals surface area contributed by atoms with Crippen LogP contribution in [0, 0.1) is 0 Å². The molecule has 0 aliphatic heterocycles. The zero-order chi connectivity index (χ0) is 14.7. The van der Waals surface area contributed by atoms with Crippen LogP contribution in [-0.2, 0) is 11.2 Å². The van der Waals surface area contributed by atoms with Crippen LogP contribution >= 0.6 is 48.8 Å². The highest BCUT2D eigenvalue weighted by molar-refractivity contribution is 15.0. The van der Waals surface area contributed by atoms with Crippen LogP contribution in [0.2, 0.25) is 0 Å². The highest BCUT2D eigenvalue weighted by Gasteiger charge is 2.21. The average molecular weight is 512 g/mol. The standard InChI is InChI=1S/C12H16ClNO3.I2/c1-17-12(16)14-10(11(15)8-13)7-9-5-3-2-4-6-9;1-2/h2-6,10-11,15H,7-8H2,1H3,(H,14,16);. The number of nitrogens with one attached hydrogen (secondary N) is 1. The van der Waals surface area contributed by atoms with Crippen LogP contribution in [0.4, 0.5) is 4.79 Å². The number of benzene rings is 1. The van der Waals surface area contributed by atoms with Crippen molar-refractivity contribution in [2.24, 2.45) is 0 Å². The number of carbonyl (C=O) groups is 1. The number of hydrogen-bond donors (Lipinski definition) is 2. The minimum Gasteiger partial charge on any atom is -0.453 e. The number of amides is 1. The number of hydrogen-bond acceptors (Lipinski definition) is 3. The minimum absolute atomic E-state index is 0.0570. The van der Waals surface area contributed by atoms with E-state index in [1.807, 2.05) is 30.3 Å². The maximum absolute atomic E-state index is 11.1. The van der Waals surface area contributed by atoms with Gasteiger partial charge in [-0.15, -0.1) is 11.6 Å². The fourth-order valence-corrected chi connectivity index (χ4v) is 1.68. The minimum atomic E-state index is -0.809. The molecule has 19 heavy (non-hydrogen) atoms. The Bertz CT molecular complexity index is 354. The zero-order valence-corrected chi connectivity index (χ0v) is 15.4. The molecule has 0 heterocycles. The predicted molar refractivity (Wildman–Crippen MR) is 94.2 cm³/mol. The second-order valence-electron chi connectivity index (χ2n) is 3.65. The van der Waals surface area contributed by atoms with Crippen LogP contribution in [-0.4, -0.2) is 36.3 Å². The van der Waals surface area contributed by atoms with E-state index in [0.717, 1.165) is 5.56 Å². The molecule has 108 valence electrons. The molecule has 0 aliphatic carbocycles. The molecule has 0 spiro atoms. The molecule has 0 saturated carbocycles. The number of alkyl halides is 1. The third kappa shape index (κ3) is 8.16. The molecule has 0 aliphatic rings. The molecule has 0 fully saturated rings. The number of aliphatic hydroxyl groups is 1. The summed E-state index contributed by atoms with van der Waals surface area (Å²) in [5, 5.41) is 12.3. The Morgan fingerprint density at radius 3 is 2.47 bits per heavy atom. The van der Waals surface area contributed by atoms with Crippen molar-refractivity contribution in [3.63, 3.8) is 0 Å². The maximum atomic E-state index is 11.1. The van der Waals surface area contributed by atoms with Gasteiger partial charge in [0.1, 0.15) is 0 Å². The van der Waals surface area contributed by atoms with Gasteiger partial charge >= 0.3 is 6.09 Å². The van der Waals surface area contributed by atoms with Gasteiger partial charge in [0.2, 0.25) is 0 Å². The van der Waals surface area contributed by atoms with Crippen molar-refractivity contribution in [1.82, 2.24) is 5.32 Å². The first kappa shape index (κ1) is 19.2. The zero-order valence-electron chi connectivity index (χ0n) is 10.4. The van der Waals surface area contributed by atoms with E-state index in [2.05, 4.69) is 47.3 Å². The third-order valence-electron chi connectivity index (χ3n) is 2.41. The Hall–Kier alpha value is 0.200. The average Bonchev–Trinajstić information content (AvgIpc) is 2.48. The number of aliphatic hydroxyl groups excluding tert-OH is 1. The van der Waals surface area contributed by atoms with Gasteiger partial charge in [-0.1, -0.05) is 30.3 Å². The van der Waals surface area contributed by atoms with Gasteiger partial charge in [0.25, 0.3) is 0 Å². The number of ether oxygens (including phenoxy) is 1. The fourth-order valence-electron chi connectivity index (χ4n) is 1.47. The van der Waals surface area contributed by atoms with E-state index >= 15 is 0 Å². The second kappa shape index (κ2) is 12.0. The smallest absolute Gasteiger partial charge is 0.407 e. The number of rotatable bonds is 5. The normalized spacial score (nSPS) is 12.7. The Morgan fingerprint density at radius 1 is 1.42 bits per heavy atom. The summed E-state index contributed by atoms with van der Waals surface area (Å²) in [6.07, 6.45) is -0.879. The Labute approximate surface area is 141 Å². The molecular formula is C12H16ClI2NO3. The largest absolute Gasteiger partial charge is 0.453 e. The van der Waals surface area contributed by atoms with E-state index in [4.69, 9.17) is 11.6 Å². The van der Waals surface area contributed by atoms with Gasteiger partial charge < -0.3 is 15.2 Å². The summed E-state index contributed by atoms with van der Waals surface area (Å²) < 4.78 is 4.51. The molecule has 7 heteroatoms. The van der Waals surface area contributed by atoms with Crippen LogP contribution < -0.4 is 5.32 Å². The van der Waals surface area contributed by atoms with Gasteiger partial charge in [0.15, 0.2) is 0 Å². The molecular weight excluding hydrogens is 495 g/mol. The molecule has 0 aromatic heterocycles. The SMILES string of the molecule is COC(=O)NC(Cc1ccccc1)C(O)CCl.II. The second-order valence-corrected chi connectivity index (χ2v) is 3.96. The third-order valence-corrected chi connectivity index (χ3v) is 2.73. The van der Waals surface area contributed by atoms with E-state index in [1.165, 1.54) is 7.11 Å². The highest BCUT2D eigenvalue weighted by atomic mass is 128. The number of carbonyl (C=O) groups excluding carboxylic acids is 1. The lowest BCUT2D eigenvalue weighted by molar-refractivity contribution is 0.127. The van der Waals surface area contributed by atoms with E-state index in [-0.39, 0.29) is 5.88 Å². The maximum Gasteiger partial charge on any atom is 0.407 e. The molecule has 2 atom stereocenters. The summed E-state index contributed by atoms with van der Waals surface area (Å²) in [5.74, 6) is 0.0570. The van der Waals surface area contributed by atoms with Crippen LogP contribution in [0.3, 0.4) is 0 Å². The molecule has 1 rings (SSSR count). The van der Waals surface area contributed by atoms with Gasteiger partial charge in [-0.25, -0.2) is 4.79 Å². The summed E-state index contributed by atoms with van der Waals surface area (Å²) in [6.45, 7) is 0. The first-order valence-corrected chi connectivity index (χ1v) is 12.3. The van der Waals surface area contributed by atoms with Gasteiger partial charge in [0.05, 0.1) is 25.1 Å². The molecule has 2 unspecified atom stereocenters. The summed E-state index contributed by atoms with van der Waals surface area (Å²) in [5.41, 5.74) is 1.01. The lowest BCUT2D eigenvalue weighted by Crippen LogP contribution is -2.45. The molecule has 1 amide bonds. The summed E-state index contributed by atoms with van der Waals surface area (Å²) >= 11 is 9.84. The van der Waals surface area contributed by atoms with Crippen LogP contribution in [0.5, 0.6) is 0 Å². The van der Waals surface area contributed by atoms with Gasteiger partial charge in [0, 0.05) is 37.2 Å². The lowest BCUT2D eigenvalue weighted by Gasteiger charge is -2.22. The highest BCUT2D eigenvalue weighted by Crippen LogP contribution is 2.07. The molecule has 0 saturated heterocycles. The van der Waals surface area contributed by atoms with Crippen molar-refractivity contribution in [3.05, 3.63) is 35.9 Å². The quantitative estimate of drug-likeness (QED) is 0.471. The van der Waals surface area contributed by atoms with Crippen molar-refractivity contribution in [3.8, 4) is 0 Å². The summed E-state index contributed by atoms with van der Waals surface area (Å²) in [7, 11) is 1.28. The molecule has 0 radical (unpaired) electrons. The topological polar surface area (TPSA) is 58.6 Å². The lowest BCUT2D eigenvalue weighted by atomic mass is 10.0. The van der Waals surface area contributed by atoms with Crippen molar-refractivity contribution in [1.29, 1.82) is 0 Å². The first-order valence-electron chi connectivity index (χ1n) is 5.44. The van der Waals surface area contributed by atoms with E-state index in [1.54, 1.807) is 0 Å². The molecule has 1 aromatic rings. The van der Waals surface area contributed by atoms with E-state index < -0.39 is 18.2 Å². The fraction of sp³-hybridized carbons (Fsp3) is 0.417. The van der Waals surface area contributed by atoms with Crippen LogP contribution in [0.15, 0.2) is 30.3 Å². The Balaban J connectivity index is 0.00000154. The van der Waals surface area contributed by atoms with E-state index in [0.29, 0.717) is 6.42 Å². The van der Waals surface area contributed by atoms with Crippen molar-refractivity contribution in [2.45, 2.75) is 18.6 Å². The molecule has 1 aromatic carbocycles. The summed E-state index contributed by atoms with van der Waals surface area (Å²) in [4.78, 5) is 11.1. The molecule has 2 N–H and O–H groups in total. The van der Waals surface area contributed by atoms with Gasteiger partial charge in [-0.3, -0.25) is 0 Å². The van der Waals surface area contributed by atoms with Crippen molar-refractivity contribution in [2.75, 3.05) is 13.0 Å². The van der Waals surface area contributed by atoms with Crippen molar-refractivity contribution >= 4 is 54.9 Å². The van der Waals surface area contributed by atoms with Gasteiger partial charge in [-0.05, 0) is 12.0 Å². The molecule has 4 nitrogen and oxygen atoms in total. The van der Waals surface area contributed by atoms with Crippen molar-refractivity contribution < 1.29 is 14.6 Å². The molecule has 0 bridgehead atoms. The number of halogens is 3. The monoisotopic (exact) mass is 511 g/mol. The predicted octanol–water partition coefficient (Wildman–Crippen LogP) is 3.32. The number of alkyl carbamates (subject to hydrolysis) is 1. The first-order chi connectivity index (χ1) is 9.17. The van der Waals surface area contributed by atoms with Crippen LogP contribution in [0.25, 0.3) is 0 Å². The van der Waals surface area contributed by atoms with Crippen LogP contribution in [0.1, 0.15) is 5.56 Å². The summed E-state index contributed by atoms with van der Waals surface area (Å²) in [6, 6.07) is 9.10. The van der Waals surface area contributed by atoms with E-state index in [9.17, 15) is 9.90 Å². The Morgan fingerprint density at radius 2 is 2.00 bits per heavy atom.